The molecule has 0 bridgehead atoms. The van der Waals surface area contributed by atoms with Crippen molar-refractivity contribution in [2.45, 2.75) is 39.8 Å². The summed E-state index contributed by atoms with van der Waals surface area (Å²) in [4.78, 5) is 27.1. The van der Waals surface area contributed by atoms with Crippen LogP contribution in [0.3, 0.4) is 0 Å². The Hall–Kier alpha value is -2.24. The first kappa shape index (κ1) is 23.0. The van der Waals surface area contributed by atoms with E-state index in [4.69, 9.17) is 27.9 Å². The maximum atomic E-state index is 13.0. The number of ether oxygens (including phenoxy) is 1. The molecule has 2 aromatic carbocycles. The van der Waals surface area contributed by atoms with Gasteiger partial charge in [0.25, 0.3) is 5.91 Å². The normalized spacial score (nSPS) is 11.6. The van der Waals surface area contributed by atoms with Crippen molar-refractivity contribution >= 4 is 35.0 Å². The van der Waals surface area contributed by atoms with E-state index in [1.165, 1.54) is 4.90 Å². The second kappa shape index (κ2) is 11.1. The molecule has 7 heteroatoms. The smallest absolute Gasteiger partial charge is 0.261 e. The number of benzene rings is 2. The van der Waals surface area contributed by atoms with Crippen LogP contribution in [0.15, 0.2) is 42.5 Å². The van der Waals surface area contributed by atoms with Crippen molar-refractivity contribution in [3.05, 3.63) is 63.6 Å². The van der Waals surface area contributed by atoms with Crippen LogP contribution in [0.1, 0.15) is 31.4 Å². The molecule has 0 aliphatic rings. The number of carbonyl (C=O) groups is 2. The molecule has 0 aromatic heterocycles. The zero-order valence-corrected chi connectivity index (χ0v) is 18.4. The van der Waals surface area contributed by atoms with Crippen molar-refractivity contribution < 1.29 is 14.3 Å². The van der Waals surface area contributed by atoms with Crippen LogP contribution >= 0.6 is 23.2 Å². The van der Waals surface area contributed by atoms with Crippen LogP contribution < -0.4 is 10.1 Å². The molecule has 0 radical (unpaired) electrons. The van der Waals surface area contributed by atoms with Crippen molar-refractivity contribution in [3.63, 3.8) is 0 Å². The third-order valence-electron chi connectivity index (χ3n) is 4.48. The number of aryl methyl sites for hydroxylation is 1. The molecule has 156 valence electrons. The first-order valence-corrected chi connectivity index (χ1v) is 10.3. The van der Waals surface area contributed by atoms with Crippen LogP contribution in [-0.2, 0) is 16.1 Å². The summed E-state index contributed by atoms with van der Waals surface area (Å²) in [5.74, 6) is 0.0953. The SMILES string of the molecule is CCNC(=O)[C@@H](CC)N(Cc1ccc(Cl)cc1Cl)C(=O)COc1ccc(C)cc1. The van der Waals surface area contributed by atoms with Gasteiger partial charge in [0.15, 0.2) is 6.61 Å². The van der Waals surface area contributed by atoms with E-state index in [-0.39, 0.29) is 25.0 Å². The van der Waals surface area contributed by atoms with E-state index >= 15 is 0 Å². The minimum Gasteiger partial charge on any atom is -0.484 e. The molecule has 2 rings (SSSR count). The zero-order valence-electron chi connectivity index (χ0n) is 16.9. The Morgan fingerprint density at radius 2 is 1.79 bits per heavy atom. The lowest BCUT2D eigenvalue weighted by atomic mass is 10.1. The lowest BCUT2D eigenvalue weighted by molar-refractivity contribution is -0.142. The third kappa shape index (κ3) is 6.65. The number of carbonyl (C=O) groups excluding carboxylic acids is 2. The highest BCUT2D eigenvalue weighted by molar-refractivity contribution is 6.35. The fourth-order valence-corrected chi connectivity index (χ4v) is 3.38. The predicted octanol–water partition coefficient (Wildman–Crippen LogP) is 4.62. The summed E-state index contributed by atoms with van der Waals surface area (Å²) in [5, 5.41) is 3.75. The molecule has 2 aromatic rings. The van der Waals surface area contributed by atoms with Crippen molar-refractivity contribution in [3.8, 4) is 5.75 Å². The molecule has 1 atom stereocenters. The predicted molar refractivity (Wildman–Crippen MR) is 116 cm³/mol. The minimum absolute atomic E-state index is 0.176. The molecule has 0 saturated carbocycles. The zero-order chi connectivity index (χ0) is 21.4. The van der Waals surface area contributed by atoms with Gasteiger partial charge in [-0.2, -0.15) is 0 Å². The monoisotopic (exact) mass is 436 g/mol. The molecule has 0 unspecified atom stereocenters. The van der Waals surface area contributed by atoms with Gasteiger partial charge in [0.1, 0.15) is 11.8 Å². The van der Waals surface area contributed by atoms with E-state index in [1.807, 2.05) is 45.0 Å². The molecule has 0 spiro atoms. The first-order valence-electron chi connectivity index (χ1n) is 9.56. The quantitative estimate of drug-likeness (QED) is 0.623. The molecule has 0 heterocycles. The lowest BCUT2D eigenvalue weighted by Crippen LogP contribution is -2.50. The summed E-state index contributed by atoms with van der Waals surface area (Å²) in [6.45, 7) is 6.17. The van der Waals surface area contributed by atoms with Gasteiger partial charge in [-0.25, -0.2) is 0 Å². The van der Waals surface area contributed by atoms with Crippen LogP contribution in [0.5, 0.6) is 5.75 Å². The van der Waals surface area contributed by atoms with Crippen molar-refractivity contribution in [2.75, 3.05) is 13.2 Å². The van der Waals surface area contributed by atoms with Crippen LogP contribution in [0.4, 0.5) is 0 Å². The van der Waals surface area contributed by atoms with Crippen LogP contribution in [0, 0.1) is 6.92 Å². The van der Waals surface area contributed by atoms with Crippen LogP contribution in [-0.4, -0.2) is 35.9 Å². The van der Waals surface area contributed by atoms with Crippen molar-refractivity contribution in [2.24, 2.45) is 0 Å². The second-order valence-electron chi connectivity index (χ2n) is 6.68. The summed E-state index contributed by atoms with van der Waals surface area (Å²) in [6, 6.07) is 11.9. The molecule has 29 heavy (non-hydrogen) atoms. The molecular formula is C22H26Cl2N2O3. The van der Waals surface area contributed by atoms with E-state index in [0.717, 1.165) is 5.56 Å². The van der Waals surface area contributed by atoms with E-state index < -0.39 is 6.04 Å². The minimum atomic E-state index is -0.629. The number of hydrogen-bond donors (Lipinski definition) is 1. The topological polar surface area (TPSA) is 58.6 Å². The van der Waals surface area contributed by atoms with E-state index in [0.29, 0.717) is 34.3 Å². The first-order chi connectivity index (χ1) is 13.8. The number of nitrogens with zero attached hydrogens (tertiary/aromatic N) is 1. The lowest BCUT2D eigenvalue weighted by Gasteiger charge is -2.30. The summed E-state index contributed by atoms with van der Waals surface area (Å²) in [5.41, 5.74) is 1.81. The van der Waals surface area contributed by atoms with Gasteiger partial charge in [-0.05, 0) is 50.1 Å². The van der Waals surface area contributed by atoms with E-state index in [2.05, 4.69) is 5.32 Å². The van der Waals surface area contributed by atoms with Gasteiger partial charge in [0.2, 0.25) is 5.91 Å². The standard InChI is InChI=1S/C22H26Cl2N2O3/c1-4-20(22(28)25-5-2)26(13-16-8-9-17(23)12-19(16)24)21(27)14-29-18-10-6-15(3)7-11-18/h6-12,20H,4-5,13-14H2,1-3H3,(H,25,28)/t20-/m1/s1. The Morgan fingerprint density at radius 1 is 1.10 bits per heavy atom. The molecule has 1 N–H and O–H groups in total. The Balaban J connectivity index is 2.22. The van der Waals surface area contributed by atoms with Crippen molar-refractivity contribution in [1.29, 1.82) is 0 Å². The van der Waals surface area contributed by atoms with Gasteiger partial charge in [-0.15, -0.1) is 0 Å². The summed E-state index contributed by atoms with van der Waals surface area (Å²) >= 11 is 12.3. The van der Waals surface area contributed by atoms with Gasteiger partial charge >= 0.3 is 0 Å². The summed E-state index contributed by atoms with van der Waals surface area (Å²) in [6.07, 6.45) is 0.466. The maximum Gasteiger partial charge on any atom is 0.261 e. The molecule has 0 saturated heterocycles. The fourth-order valence-electron chi connectivity index (χ4n) is 2.91. The maximum absolute atomic E-state index is 13.0. The van der Waals surface area contributed by atoms with Gasteiger partial charge in [-0.3, -0.25) is 9.59 Å². The molecule has 2 amide bonds. The molecule has 0 fully saturated rings. The highest BCUT2D eigenvalue weighted by Crippen LogP contribution is 2.24. The third-order valence-corrected chi connectivity index (χ3v) is 5.06. The number of hydrogen-bond acceptors (Lipinski definition) is 3. The highest BCUT2D eigenvalue weighted by Gasteiger charge is 2.29. The number of halogens is 2. The second-order valence-corrected chi connectivity index (χ2v) is 7.52. The summed E-state index contributed by atoms with van der Waals surface area (Å²) < 4.78 is 5.65. The Kier molecular flexibility index (Phi) is 8.80. The largest absolute Gasteiger partial charge is 0.484 e. The van der Waals surface area contributed by atoms with E-state index in [1.54, 1.807) is 18.2 Å². The van der Waals surface area contributed by atoms with Gasteiger partial charge in [0, 0.05) is 23.1 Å². The number of rotatable bonds is 9. The van der Waals surface area contributed by atoms with Gasteiger partial charge in [0.05, 0.1) is 0 Å². The van der Waals surface area contributed by atoms with Gasteiger partial charge < -0.3 is 15.0 Å². The molecular weight excluding hydrogens is 411 g/mol. The number of likely N-dealkylation sites (N-methyl/N-ethyl adjacent to an activating group) is 1. The highest BCUT2D eigenvalue weighted by atomic mass is 35.5. The number of nitrogens with one attached hydrogen (secondary N) is 1. The summed E-state index contributed by atoms with van der Waals surface area (Å²) in [7, 11) is 0. The average Bonchev–Trinajstić information content (AvgIpc) is 2.69. The van der Waals surface area contributed by atoms with E-state index in [9.17, 15) is 9.59 Å². The van der Waals surface area contributed by atoms with Crippen LogP contribution in [0.25, 0.3) is 0 Å². The Labute approximate surface area is 181 Å². The average molecular weight is 437 g/mol. The van der Waals surface area contributed by atoms with Crippen LogP contribution in [0.2, 0.25) is 10.0 Å². The molecule has 0 aliphatic carbocycles. The van der Waals surface area contributed by atoms with Gasteiger partial charge in [-0.1, -0.05) is 53.9 Å². The Bertz CT molecular complexity index is 840. The molecule has 0 aliphatic heterocycles. The number of amides is 2. The Morgan fingerprint density at radius 3 is 2.38 bits per heavy atom. The fraction of sp³-hybridized carbons (Fsp3) is 0.364. The molecule has 5 nitrogen and oxygen atoms in total. The van der Waals surface area contributed by atoms with Crippen molar-refractivity contribution in [1.82, 2.24) is 10.2 Å².